The minimum atomic E-state index is -0.720. The zero-order valence-electron chi connectivity index (χ0n) is 15.1. The van der Waals surface area contributed by atoms with Crippen LogP contribution in [0.15, 0.2) is 59.4 Å². The summed E-state index contributed by atoms with van der Waals surface area (Å²) in [4.78, 5) is 35.6. The molecule has 3 rings (SSSR count). The molecule has 1 aromatic heterocycles. The highest BCUT2D eigenvalue weighted by Crippen LogP contribution is 2.22. The predicted molar refractivity (Wildman–Crippen MR) is 102 cm³/mol. The van der Waals surface area contributed by atoms with Gasteiger partial charge in [0.1, 0.15) is 11.4 Å². The Hall–Kier alpha value is -4.01. The Bertz CT molecular complexity index is 1110. The van der Waals surface area contributed by atoms with Gasteiger partial charge >= 0.3 is 0 Å². The van der Waals surface area contributed by atoms with Crippen molar-refractivity contribution < 1.29 is 14.5 Å². The number of hydrogen-bond acceptors (Lipinski definition) is 6. The zero-order chi connectivity index (χ0) is 20.3. The van der Waals surface area contributed by atoms with Gasteiger partial charge in [-0.3, -0.25) is 19.7 Å². The summed E-state index contributed by atoms with van der Waals surface area (Å²) in [5, 5.41) is 18.0. The van der Waals surface area contributed by atoms with E-state index >= 15 is 0 Å². The lowest BCUT2D eigenvalue weighted by atomic mass is 10.2. The average molecular weight is 380 g/mol. The quantitative estimate of drug-likeness (QED) is 0.537. The molecule has 9 nitrogen and oxygen atoms in total. The number of nitro groups is 1. The van der Waals surface area contributed by atoms with Crippen LogP contribution in [0.3, 0.4) is 0 Å². The number of anilines is 1. The highest BCUT2D eigenvalue weighted by atomic mass is 16.6. The van der Waals surface area contributed by atoms with Crippen LogP contribution in [0.4, 0.5) is 11.4 Å². The number of nitrogens with zero attached hydrogens (tertiary/aromatic N) is 3. The monoisotopic (exact) mass is 380 g/mol. The molecule has 0 aliphatic heterocycles. The van der Waals surface area contributed by atoms with E-state index in [4.69, 9.17) is 4.74 Å². The second-order valence-electron chi connectivity index (χ2n) is 5.84. The highest BCUT2D eigenvalue weighted by molar-refractivity contribution is 6.02. The molecule has 0 aliphatic rings. The van der Waals surface area contributed by atoms with E-state index in [1.807, 2.05) is 0 Å². The first-order chi connectivity index (χ1) is 13.4. The summed E-state index contributed by atoms with van der Waals surface area (Å²) in [5.41, 5.74) is -0.185. The highest BCUT2D eigenvalue weighted by Gasteiger charge is 2.20. The number of carbonyl (C=O) groups is 1. The predicted octanol–water partition coefficient (Wildman–Crippen LogP) is 2.71. The number of aryl methyl sites for hydroxylation is 1. The molecule has 0 atom stereocenters. The van der Waals surface area contributed by atoms with Crippen LogP contribution in [-0.4, -0.2) is 27.7 Å². The molecule has 0 saturated carbocycles. The molecule has 0 unspecified atom stereocenters. The van der Waals surface area contributed by atoms with Gasteiger partial charge in [-0.15, -0.1) is 0 Å². The number of carbonyl (C=O) groups excluding carboxylic acids is 1. The maximum atomic E-state index is 12.6. The molecule has 142 valence electrons. The normalized spacial score (nSPS) is 10.4. The summed E-state index contributed by atoms with van der Waals surface area (Å²) in [6.07, 6.45) is 0. The van der Waals surface area contributed by atoms with E-state index < -0.39 is 16.3 Å². The third kappa shape index (κ3) is 3.73. The van der Waals surface area contributed by atoms with Crippen LogP contribution in [0, 0.1) is 17.0 Å². The number of amides is 1. The largest absolute Gasteiger partial charge is 0.497 e. The minimum Gasteiger partial charge on any atom is -0.497 e. The van der Waals surface area contributed by atoms with Gasteiger partial charge in [0.25, 0.3) is 11.6 Å². The van der Waals surface area contributed by atoms with Crippen molar-refractivity contribution in [3.8, 4) is 11.4 Å². The number of ether oxygens (including phenoxy) is 1. The van der Waals surface area contributed by atoms with Crippen LogP contribution in [0.25, 0.3) is 5.69 Å². The molecule has 9 heteroatoms. The molecular weight excluding hydrogens is 364 g/mol. The number of hydrogen-bond donors (Lipinski definition) is 1. The first-order valence-corrected chi connectivity index (χ1v) is 8.21. The second kappa shape index (κ2) is 7.70. The molecule has 0 bridgehead atoms. The van der Waals surface area contributed by atoms with Gasteiger partial charge in [0, 0.05) is 23.5 Å². The molecule has 1 heterocycles. The summed E-state index contributed by atoms with van der Waals surface area (Å²) < 4.78 is 6.26. The van der Waals surface area contributed by atoms with Gasteiger partial charge in [0.15, 0.2) is 5.69 Å². The van der Waals surface area contributed by atoms with E-state index in [9.17, 15) is 19.7 Å². The fraction of sp³-hybridized carbons (Fsp3) is 0.105. The van der Waals surface area contributed by atoms with E-state index in [2.05, 4.69) is 10.4 Å². The number of nitro benzene ring substituents is 1. The molecule has 0 radical (unpaired) electrons. The molecular formula is C19H16N4O5. The van der Waals surface area contributed by atoms with Crippen molar-refractivity contribution in [2.24, 2.45) is 0 Å². The maximum Gasteiger partial charge on any atom is 0.294 e. The number of benzene rings is 2. The Kier molecular flexibility index (Phi) is 5.16. The molecule has 0 spiro atoms. The van der Waals surface area contributed by atoms with Gasteiger partial charge in [-0.05, 0) is 37.3 Å². The summed E-state index contributed by atoms with van der Waals surface area (Å²) >= 11 is 0. The van der Waals surface area contributed by atoms with Crippen molar-refractivity contribution in [1.82, 2.24) is 9.78 Å². The van der Waals surface area contributed by atoms with Gasteiger partial charge in [-0.25, -0.2) is 4.68 Å². The summed E-state index contributed by atoms with van der Waals surface area (Å²) in [7, 11) is 1.52. The summed E-state index contributed by atoms with van der Waals surface area (Å²) in [6.45, 7) is 1.58. The standard InChI is InChI=1S/C19H16N4O5/c1-12-11-17(24)18(19(25)20-13-7-9-14(28-2)10-8-13)21-22(12)15-5-3-4-6-16(15)23(26)27/h3-11H,1-2H3,(H,20,25). The van der Waals surface area contributed by atoms with Gasteiger partial charge in [-0.2, -0.15) is 5.10 Å². The van der Waals surface area contributed by atoms with Crippen molar-refractivity contribution in [1.29, 1.82) is 0 Å². The van der Waals surface area contributed by atoms with Gasteiger partial charge in [0.2, 0.25) is 5.43 Å². The van der Waals surface area contributed by atoms with E-state index in [0.717, 1.165) is 0 Å². The van der Waals surface area contributed by atoms with E-state index in [0.29, 0.717) is 17.1 Å². The lowest BCUT2D eigenvalue weighted by Crippen LogP contribution is -2.27. The fourth-order valence-electron chi connectivity index (χ4n) is 2.61. The van der Waals surface area contributed by atoms with Crippen LogP contribution in [0.2, 0.25) is 0 Å². The Morgan fingerprint density at radius 3 is 2.50 bits per heavy atom. The lowest BCUT2D eigenvalue weighted by molar-refractivity contribution is -0.384. The Morgan fingerprint density at radius 1 is 1.18 bits per heavy atom. The number of aromatic nitrogens is 2. The zero-order valence-corrected chi connectivity index (χ0v) is 15.1. The van der Waals surface area contributed by atoms with Gasteiger partial charge < -0.3 is 10.1 Å². The molecule has 28 heavy (non-hydrogen) atoms. The average Bonchev–Trinajstić information content (AvgIpc) is 2.68. The van der Waals surface area contributed by atoms with E-state index in [1.165, 1.54) is 36.1 Å². The van der Waals surface area contributed by atoms with Gasteiger partial charge in [0.05, 0.1) is 12.0 Å². The number of methoxy groups -OCH3 is 1. The van der Waals surface area contributed by atoms with Crippen molar-refractivity contribution in [3.63, 3.8) is 0 Å². The Labute approximate surface area is 159 Å². The molecule has 1 amide bonds. The Balaban J connectivity index is 2.01. The number of nitrogens with one attached hydrogen (secondary N) is 1. The van der Waals surface area contributed by atoms with Crippen LogP contribution in [0.5, 0.6) is 5.75 Å². The van der Waals surface area contributed by atoms with Crippen LogP contribution in [0.1, 0.15) is 16.2 Å². The second-order valence-corrected chi connectivity index (χ2v) is 5.84. The van der Waals surface area contributed by atoms with E-state index in [1.54, 1.807) is 37.3 Å². The number of para-hydroxylation sites is 2. The molecule has 0 saturated heterocycles. The smallest absolute Gasteiger partial charge is 0.294 e. The molecule has 3 aromatic rings. The van der Waals surface area contributed by atoms with Crippen molar-refractivity contribution >= 4 is 17.3 Å². The van der Waals surface area contributed by atoms with E-state index in [-0.39, 0.29) is 17.1 Å². The Morgan fingerprint density at radius 2 is 1.86 bits per heavy atom. The van der Waals surface area contributed by atoms with Crippen LogP contribution >= 0.6 is 0 Å². The van der Waals surface area contributed by atoms with Crippen LogP contribution in [-0.2, 0) is 0 Å². The molecule has 0 aliphatic carbocycles. The van der Waals surface area contributed by atoms with Crippen LogP contribution < -0.4 is 15.5 Å². The third-order valence-corrected chi connectivity index (χ3v) is 3.98. The minimum absolute atomic E-state index is 0.156. The molecule has 1 N–H and O–H groups in total. The number of rotatable bonds is 5. The van der Waals surface area contributed by atoms with Crippen molar-refractivity contribution in [3.05, 3.63) is 86.3 Å². The molecule has 0 fully saturated rings. The fourth-order valence-corrected chi connectivity index (χ4v) is 2.61. The SMILES string of the molecule is COc1ccc(NC(=O)c2nn(-c3ccccc3[N+](=O)[O-])c(C)cc2=O)cc1. The van der Waals surface area contributed by atoms with Gasteiger partial charge in [-0.1, -0.05) is 12.1 Å². The topological polar surface area (TPSA) is 116 Å². The van der Waals surface area contributed by atoms with Crippen molar-refractivity contribution in [2.75, 3.05) is 12.4 Å². The van der Waals surface area contributed by atoms with Crippen molar-refractivity contribution in [2.45, 2.75) is 6.92 Å². The lowest BCUT2D eigenvalue weighted by Gasteiger charge is -2.11. The molecule has 2 aromatic carbocycles. The summed E-state index contributed by atoms with van der Waals surface area (Å²) in [6, 6.07) is 13.7. The first kappa shape index (κ1) is 18.8. The third-order valence-electron chi connectivity index (χ3n) is 3.98. The maximum absolute atomic E-state index is 12.6. The summed E-state index contributed by atoms with van der Waals surface area (Å²) in [5.74, 6) is -0.104. The first-order valence-electron chi connectivity index (χ1n) is 8.21.